The number of benzene rings is 2. The predicted octanol–water partition coefficient (Wildman–Crippen LogP) is 3.34. The van der Waals surface area contributed by atoms with Gasteiger partial charge in [0.05, 0.1) is 4.90 Å². The largest absolute Gasteiger partial charge is 0.349 e. The lowest BCUT2D eigenvalue weighted by Crippen LogP contribution is -2.44. The number of amides is 1. The quantitative estimate of drug-likeness (QED) is 0.679. The summed E-state index contributed by atoms with van der Waals surface area (Å²) in [4.78, 5) is 15.3. The number of aryl methyl sites for hydroxylation is 1. The summed E-state index contributed by atoms with van der Waals surface area (Å²) in [6.45, 7) is 6.47. The molecule has 1 aliphatic heterocycles. The summed E-state index contributed by atoms with van der Waals surface area (Å²) in [5.74, 6) is -0.225. The van der Waals surface area contributed by atoms with Crippen molar-refractivity contribution in [2.45, 2.75) is 44.2 Å². The van der Waals surface area contributed by atoms with Crippen molar-refractivity contribution in [1.82, 2.24) is 14.9 Å². The van der Waals surface area contributed by atoms with Gasteiger partial charge in [0.15, 0.2) is 0 Å². The van der Waals surface area contributed by atoms with Crippen LogP contribution in [0.1, 0.15) is 41.3 Å². The first-order valence-electron chi connectivity index (χ1n) is 10.2. The number of nitrogens with one attached hydrogen (secondary N) is 2. The van der Waals surface area contributed by atoms with E-state index in [1.165, 1.54) is 17.7 Å². The fraction of sp³-hybridized carbons (Fsp3) is 0.409. The van der Waals surface area contributed by atoms with Crippen LogP contribution in [0.15, 0.2) is 47.4 Å². The van der Waals surface area contributed by atoms with E-state index in [2.05, 4.69) is 14.9 Å². The van der Waals surface area contributed by atoms with Crippen LogP contribution < -0.4 is 10.0 Å². The molecule has 0 radical (unpaired) electrons. The van der Waals surface area contributed by atoms with Gasteiger partial charge in [-0.05, 0) is 55.2 Å². The van der Waals surface area contributed by atoms with Gasteiger partial charge >= 0.3 is 0 Å². The highest BCUT2D eigenvalue weighted by molar-refractivity contribution is 7.89. The SMILES string of the molecule is CCNS(=O)(=O)c1ccc(C)c(C(=O)NC2CCN(Cc3ccc(Cl)cc3)CC2)c1. The molecule has 0 aromatic heterocycles. The molecule has 0 spiro atoms. The Kier molecular flexibility index (Phi) is 7.52. The molecule has 162 valence electrons. The fourth-order valence-electron chi connectivity index (χ4n) is 3.63. The van der Waals surface area contributed by atoms with Gasteiger partial charge in [0.1, 0.15) is 0 Å². The Hall–Kier alpha value is -1.93. The third-order valence-corrected chi connectivity index (χ3v) is 7.14. The van der Waals surface area contributed by atoms with Crippen LogP contribution in [-0.2, 0) is 16.6 Å². The Labute approximate surface area is 183 Å². The third-order valence-electron chi connectivity index (χ3n) is 5.34. The fourth-order valence-corrected chi connectivity index (χ4v) is 4.83. The van der Waals surface area contributed by atoms with E-state index in [1.54, 1.807) is 13.0 Å². The second-order valence-corrected chi connectivity index (χ2v) is 9.83. The maximum atomic E-state index is 12.8. The van der Waals surface area contributed by atoms with Gasteiger partial charge in [-0.1, -0.05) is 36.7 Å². The summed E-state index contributed by atoms with van der Waals surface area (Å²) in [7, 11) is -3.60. The number of halogens is 1. The summed E-state index contributed by atoms with van der Waals surface area (Å²) in [5.41, 5.74) is 2.37. The molecule has 1 fully saturated rings. The van der Waals surface area contributed by atoms with Crippen molar-refractivity contribution in [2.24, 2.45) is 0 Å². The molecule has 30 heavy (non-hydrogen) atoms. The van der Waals surface area contributed by atoms with E-state index in [0.717, 1.165) is 43.1 Å². The van der Waals surface area contributed by atoms with Gasteiger partial charge in [0, 0.05) is 42.8 Å². The van der Waals surface area contributed by atoms with Gasteiger partial charge in [0.2, 0.25) is 10.0 Å². The molecule has 8 heteroatoms. The highest BCUT2D eigenvalue weighted by Crippen LogP contribution is 2.19. The third kappa shape index (κ3) is 5.82. The number of likely N-dealkylation sites (tertiary alicyclic amines) is 1. The minimum absolute atomic E-state index is 0.0763. The summed E-state index contributed by atoms with van der Waals surface area (Å²) < 4.78 is 27.0. The van der Waals surface area contributed by atoms with Crippen LogP contribution in [0.25, 0.3) is 0 Å². The first-order valence-corrected chi connectivity index (χ1v) is 12.0. The molecule has 6 nitrogen and oxygen atoms in total. The van der Waals surface area contributed by atoms with Gasteiger partial charge in [-0.2, -0.15) is 0 Å². The van der Waals surface area contributed by atoms with Gasteiger partial charge in [0.25, 0.3) is 5.91 Å². The maximum absolute atomic E-state index is 12.8. The van der Waals surface area contributed by atoms with Crippen molar-refractivity contribution in [3.63, 3.8) is 0 Å². The Bertz CT molecular complexity index is 985. The highest BCUT2D eigenvalue weighted by atomic mass is 35.5. The minimum Gasteiger partial charge on any atom is -0.349 e. The van der Waals surface area contributed by atoms with E-state index in [-0.39, 0.29) is 16.8 Å². The number of hydrogen-bond acceptors (Lipinski definition) is 4. The summed E-state index contributed by atoms with van der Waals surface area (Å²) in [6, 6.07) is 12.6. The molecule has 2 aromatic carbocycles. The van der Waals surface area contributed by atoms with Crippen LogP contribution in [0.3, 0.4) is 0 Å². The van der Waals surface area contributed by atoms with Crippen molar-refractivity contribution in [3.8, 4) is 0 Å². The number of carbonyl (C=O) groups excluding carboxylic acids is 1. The van der Waals surface area contributed by atoms with Gasteiger partial charge < -0.3 is 5.32 Å². The Morgan fingerprint density at radius 2 is 1.80 bits per heavy atom. The van der Waals surface area contributed by atoms with Crippen LogP contribution in [0.2, 0.25) is 5.02 Å². The molecule has 0 unspecified atom stereocenters. The number of nitrogens with zero attached hydrogens (tertiary/aromatic N) is 1. The zero-order valence-corrected chi connectivity index (χ0v) is 18.9. The van der Waals surface area contributed by atoms with E-state index in [4.69, 9.17) is 11.6 Å². The van der Waals surface area contributed by atoms with E-state index in [9.17, 15) is 13.2 Å². The van der Waals surface area contributed by atoms with Gasteiger partial charge in [-0.3, -0.25) is 9.69 Å². The molecule has 2 N–H and O–H groups in total. The van der Waals surface area contributed by atoms with E-state index < -0.39 is 10.0 Å². The Balaban J connectivity index is 1.58. The van der Waals surface area contributed by atoms with Crippen molar-refractivity contribution >= 4 is 27.5 Å². The van der Waals surface area contributed by atoms with E-state index in [0.29, 0.717) is 12.1 Å². The lowest BCUT2D eigenvalue weighted by Gasteiger charge is -2.32. The second-order valence-electron chi connectivity index (χ2n) is 7.63. The number of sulfonamides is 1. The van der Waals surface area contributed by atoms with Crippen LogP contribution in [0.5, 0.6) is 0 Å². The first kappa shape index (κ1) is 22.7. The molecule has 0 bridgehead atoms. The predicted molar refractivity (Wildman–Crippen MR) is 119 cm³/mol. The molecular formula is C22H28ClN3O3S. The summed E-state index contributed by atoms with van der Waals surface area (Å²) in [6.07, 6.45) is 1.71. The van der Waals surface area contributed by atoms with Crippen molar-refractivity contribution < 1.29 is 13.2 Å². The van der Waals surface area contributed by atoms with Crippen LogP contribution >= 0.6 is 11.6 Å². The number of carbonyl (C=O) groups is 1. The van der Waals surface area contributed by atoms with Crippen molar-refractivity contribution in [1.29, 1.82) is 0 Å². The Morgan fingerprint density at radius 1 is 1.13 bits per heavy atom. The average Bonchev–Trinajstić information content (AvgIpc) is 2.71. The standard InChI is InChI=1S/C22H28ClN3O3S/c1-3-24-30(28,29)20-9-4-16(2)21(14-20)22(27)25-19-10-12-26(13-11-19)15-17-5-7-18(23)8-6-17/h4-9,14,19,24H,3,10-13,15H2,1-2H3,(H,25,27). The molecule has 1 saturated heterocycles. The zero-order valence-electron chi connectivity index (χ0n) is 17.3. The lowest BCUT2D eigenvalue weighted by molar-refractivity contribution is 0.0908. The molecule has 0 atom stereocenters. The normalized spacial score (nSPS) is 15.8. The van der Waals surface area contributed by atoms with Crippen LogP contribution in [0.4, 0.5) is 0 Å². The van der Waals surface area contributed by atoms with Crippen molar-refractivity contribution in [2.75, 3.05) is 19.6 Å². The molecule has 0 saturated carbocycles. The smallest absolute Gasteiger partial charge is 0.251 e. The average molecular weight is 450 g/mol. The monoisotopic (exact) mass is 449 g/mol. The molecule has 3 rings (SSSR count). The van der Waals surface area contributed by atoms with Gasteiger partial charge in [-0.25, -0.2) is 13.1 Å². The highest BCUT2D eigenvalue weighted by Gasteiger charge is 2.23. The number of hydrogen-bond donors (Lipinski definition) is 2. The number of piperidine rings is 1. The van der Waals surface area contributed by atoms with E-state index >= 15 is 0 Å². The topological polar surface area (TPSA) is 78.5 Å². The summed E-state index contributed by atoms with van der Waals surface area (Å²) >= 11 is 5.94. The maximum Gasteiger partial charge on any atom is 0.251 e. The molecular weight excluding hydrogens is 422 g/mol. The lowest BCUT2D eigenvalue weighted by atomic mass is 10.0. The molecule has 2 aromatic rings. The zero-order chi connectivity index (χ0) is 21.7. The second kappa shape index (κ2) is 9.92. The van der Waals surface area contributed by atoms with Crippen LogP contribution in [0, 0.1) is 6.92 Å². The first-order chi connectivity index (χ1) is 14.3. The number of rotatable bonds is 7. The molecule has 1 aliphatic rings. The minimum atomic E-state index is -3.60. The van der Waals surface area contributed by atoms with E-state index in [1.807, 2.05) is 31.2 Å². The van der Waals surface area contributed by atoms with Crippen LogP contribution in [-0.4, -0.2) is 44.9 Å². The Morgan fingerprint density at radius 3 is 2.43 bits per heavy atom. The summed E-state index contributed by atoms with van der Waals surface area (Å²) in [5, 5.41) is 3.81. The van der Waals surface area contributed by atoms with Crippen molar-refractivity contribution in [3.05, 3.63) is 64.2 Å². The molecule has 1 heterocycles. The molecule has 1 amide bonds. The van der Waals surface area contributed by atoms with Gasteiger partial charge in [-0.15, -0.1) is 0 Å². The molecule has 0 aliphatic carbocycles.